The van der Waals surface area contributed by atoms with Crippen molar-refractivity contribution in [1.29, 1.82) is 0 Å². The van der Waals surface area contributed by atoms with Gasteiger partial charge in [0.15, 0.2) is 0 Å². The van der Waals surface area contributed by atoms with E-state index in [0.29, 0.717) is 18.8 Å². The van der Waals surface area contributed by atoms with Crippen LogP contribution in [0.3, 0.4) is 0 Å². The number of aromatic hydroxyl groups is 1. The van der Waals surface area contributed by atoms with Gasteiger partial charge in [-0.05, 0) is 41.8 Å². The number of halogens is 1. The van der Waals surface area contributed by atoms with Crippen LogP contribution in [0.4, 0.5) is 4.79 Å². The van der Waals surface area contributed by atoms with Crippen molar-refractivity contribution in [2.75, 3.05) is 14.1 Å². The molecule has 5 rings (SSSR count). The predicted molar refractivity (Wildman–Crippen MR) is 120 cm³/mol. The molecule has 3 aromatic rings. The highest BCUT2D eigenvalue weighted by Gasteiger charge is 2.34. The normalized spacial score (nSPS) is 16.9. The molecule has 0 bridgehead atoms. The Labute approximate surface area is 186 Å². The van der Waals surface area contributed by atoms with Crippen molar-refractivity contribution in [3.8, 4) is 11.4 Å². The molecular formula is C24H23ClN4O2. The van der Waals surface area contributed by atoms with Gasteiger partial charge in [0.2, 0.25) is 0 Å². The van der Waals surface area contributed by atoms with Gasteiger partial charge >= 0.3 is 6.03 Å². The molecule has 1 aromatic heterocycles. The number of phenolic OH excluding ortho intramolecular Hbond substituents is 1. The number of allylic oxidation sites excluding steroid dienone is 1. The fourth-order valence-electron chi connectivity index (χ4n) is 4.48. The van der Waals surface area contributed by atoms with Crippen molar-refractivity contribution in [1.82, 2.24) is 19.6 Å². The molecule has 2 aliphatic rings. The number of rotatable bonds is 2. The number of fused-ring (bicyclic) bond motifs is 2. The number of carbonyl (C=O) groups excluding carboxylic acids is 1. The molecule has 0 radical (unpaired) electrons. The van der Waals surface area contributed by atoms with Gasteiger partial charge in [0, 0.05) is 30.6 Å². The predicted octanol–water partition coefficient (Wildman–Crippen LogP) is 4.58. The van der Waals surface area contributed by atoms with Crippen LogP contribution in [0.2, 0.25) is 5.02 Å². The Morgan fingerprint density at radius 2 is 2.00 bits per heavy atom. The monoisotopic (exact) mass is 434 g/mol. The Balaban J connectivity index is 1.60. The molecular weight excluding hydrogens is 412 g/mol. The summed E-state index contributed by atoms with van der Waals surface area (Å²) in [5.74, 6) is 0.247. The molecule has 7 heteroatoms. The summed E-state index contributed by atoms with van der Waals surface area (Å²) in [6, 6.07) is 13.2. The molecule has 0 saturated carbocycles. The molecule has 1 atom stereocenters. The molecule has 6 nitrogen and oxygen atoms in total. The van der Waals surface area contributed by atoms with Gasteiger partial charge in [-0.3, -0.25) is 0 Å². The Kier molecular flexibility index (Phi) is 4.74. The standard InChI is InChI=1S/C24H23ClN4O2/c1-27(2)24(31)28-13-19-20(14-28)26-29(21-5-3-4-6-22(21)30)23(19)17-8-7-16-12-18(25)10-9-15(16)11-17/h3-10,12,17,30H,11,13-14H2,1-2H3. The maximum Gasteiger partial charge on any atom is 0.320 e. The average Bonchev–Trinajstić information content (AvgIpc) is 3.31. The van der Waals surface area contributed by atoms with Crippen LogP contribution >= 0.6 is 11.6 Å². The Morgan fingerprint density at radius 1 is 1.19 bits per heavy atom. The first-order chi connectivity index (χ1) is 14.9. The fraction of sp³-hybridized carbons (Fsp3) is 0.250. The first-order valence-electron chi connectivity index (χ1n) is 10.2. The van der Waals surface area contributed by atoms with Crippen molar-refractivity contribution in [3.05, 3.63) is 81.6 Å². The molecule has 158 valence electrons. The van der Waals surface area contributed by atoms with Crippen LogP contribution in [-0.2, 0) is 19.5 Å². The van der Waals surface area contributed by atoms with E-state index in [0.717, 1.165) is 34.0 Å². The van der Waals surface area contributed by atoms with E-state index in [1.807, 2.05) is 28.9 Å². The van der Waals surface area contributed by atoms with Crippen LogP contribution in [0.1, 0.15) is 34.0 Å². The summed E-state index contributed by atoms with van der Waals surface area (Å²) in [4.78, 5) is 15.9. The smallest absolute Gasteiger partial charge is 0.320 e. The van der Waals surface area contributed by atoms with E-state index >= 15 is 0 Å². The third-order valence-electron chi connectivity index (χ3n) is 5.97. The molecule has 2 heterocycles. The third kappa shape index (κ3) is 3.37. The number of benzene rings is 2. The van der Waals surface area contributed by atoms with Crippen molar-refractivity contribution < 1.29 is 9.90 Å². The van der Waals surface area contributed by atoms with Crippen molar-refractivity contribution in [2.45, 2.75) is 25.4 Å². The van der Waals surface area contributed by atoms with E-state index in [2.05, 4.69) is 18.2 Å². The molecule has 0 saturated heterocycles. The van der Waals surface area contributed by atoms with Gasteiger partial charge in [-0.25, -0.2) is 9.48 Å². The molecule has 0 fully saturated rings. The molecule has 1 unspecified atom stereocenters. The lowest BCUT2D eigenvalue weighted by molar-refractivity contribution is 0.170. The van der Waals surface area contributed by atoms with Crippen LogP contribution in [0.25, 0.3) is 11.8 Å². The zero-order valence-electron chi connectivity index (χ0n) is 17.4. The Hall–Kier alpha value is -3.25. The molecule has 2 aromatic carbocycles. The molecule has 1 aliphatic carbocycles. The van der Waals surface area contributed by atoms with E-state index in [1.54, 1.807) is 36.0 Å². The van der Waals surface area contributed by atoms with E-state index in [9.17, 15) is 9.90 Å². The van der Waals surface area contributed by atoms with Crippen molar-refractivity contribution in [3.63, 3.8) is 0 Å². The number of amides is 2. The Bertz CT molecular complexity index is 1210. The first kappa shape index (κ1) is 19.7. The maximum absolute atomic E-state index is 12.6. The third-order valence-corrected chi connectivity index (χ3v) is 6.20. The number of phenols is 1. The van der Waals surface area contributed by atoms with Gasteiger partial charge in [-0.1, -0.05) is 42.0 Å². The number of para-hydroxylation sites is 2. The minimum atomic E-state index is -0.0303. The van der Waals surface area contributed by atoms with Crippen molar-refractivity contribution in [2.24, 2.45) is 0 Å². The zero-order valence-corrected chi connectivity index (χ0v) is 18.2. The second-order valence-corrected chi connectivity index (χ2v) is 8.69. The van der Waals surface area contributed by atoms with Gasteiger partial charge < -0.3 is 14.9 Å². The lowest BCUT2D eigenvalue weighted by Crippen LogP contribution is -2.35. The zero-order chi connectivity index (χ0) is 21.7. The maximum atomic E-state index is 12.6. The summed E-state index contributed by atoms with van der Waals surface area (Å²) in [6.07, 6.45) is 5.07. The highest BCUT2D eigenvalue weighted by Crippen LogP contribution is 2.39. The summed E-state index contributed by atoms with van der Waals surface area (Å²) in [5, 5.41) is 16.1. The number of carbonyl (C=O) groups is 1. The van der Waals surface area contributed by atoms with Crippen LogP contribution < -0.4 is 0 Å². The number of aromatic nitrogens is 2. The lowest BCUT2D eigenvalue weighted by Gasteiger charge is -2.24. The number of hydrogen-bond acceptors (Lipinski definition) is 3. The minimum Gasteiger partial charge on any atom is -0.506 e. The second kappa shape index (κ2) is 7.46. The number of urea groups is 1. The molecule has 1 N–H and O–H groups in total. The average molecular weight is 435 g/mol. The summed E-state index contributed by atoms with van der Waals surface area (Å²) in [7, 11) is 3.52. The van der Waals surface area contributed by atoms with Crippen LogP contribution in [0.5, 0.6) is 5.75 Å². The molecule has 31 heavy (non-hydrogen) atoms. The molecule has 1 aliphatic heterocycles. The quantitative estimate of drug-likeness (QED) is 0.642. The van der Waals surface area contributed by atoms with Crippen LogP contribution in [-0.4, -0.2) is 44.8 Å². The van der Waals surface area contributed by atoms with E-state index in [4.69, 9.17) is 16.7 Å². The highest BCUT2D eigenvalue weighted by molar-refractivity contribution is 6.30. The van der Waals surface area contributed by atoms with Crippen LogP contribution in [0, 0.1) is 0 Å². The van der Waals surface area contributed by atoms with Crippen molar-refractivity contribution >= 4 is 23.7 Å². The van der Waals surface area contributed by atoms with Gasteiger partial charge in [-0.15, -0.1) is 0 Å². The summed E-state index contributed by atoms with van der Waals surface area (Å²) in [6.45, 7) is 0.968. The van der Waals surface area contributed by atoms with Gasteiger partial charge in [-0.2, -0.15) is 5.10 Å². The van der Waals surface area contributed by atoms with Gasteiger partial charge in [0.25, 0.3) is 0 Å². The van der Waals surface area contributed by atoms with Crippen LogP contribution in [0.15, 0.2) is 48.5 Å². The summed E-state index contributed by atoms with van der Waals surface area (Å²) < 4.78 is 1.85. The first-order valence-corrected chi connectivity index (χ1v) is 10.6. The molecule has 2 amide bonds. The molecule has 0 spiro atoms. The van der Waals surface area contributed by atoms with E-state index in [1.165, 1.54) is 5.56 Å². The van der Waals surface area contributed by atoms with Gasteiger partial charge in [0.1, 0.15) is 11.4 Å². The Morgan fingerprint density at radius 3 is 2.77 bits per heavy atom. The summed E-state index contributed by atoms with van der Waals surface area (Å²) >= 11 is 6.17. The largest absolute Gasteiger partial charge is 0.506 e. The van der Waals surface area contributed by atoms with E-state index < -0.39 is 0 Å². The topological polar surface area (TPSA) is 61.6 Å². The second-order valence-electron chi connectivity index (χ2n) is 8.26. The minimum absolute atomic E-state index is 0.0303. The van der Waals surface area contributed by atoms with Gasteiger partial charge in [0.05, 0.1) is 24.5 Å². The van der Waals surface area contributed by atoms with E-state index in [-0.39, 0.29) is 17.7 Å². The number of hydrogen-bond donors (Lipinski definition) is 1. The number of nitrogens with zero attached hydrogens (tertiary/aromatic N) is 4. The lowest BCUT2D eigenvalue weighted by atomic mass is 9.86. The SMILES string of the molecule is CN(C)C(=O)N1Cc2nn(-c3ccccc3O)c(C3C=Cc4cc(Cl)ccc4C3)c2C1. The summed E-state index contributed by atoms with van der Waals surface area (Å²) in [5.41, 5.74) is 5.94. The highest BCUT2D eigenvalue weighted by atomic mass is 35.5. The fourth-order valence-corrected chi connectivity index (χ4v) is 4.66.